The molecule has 6 heteroatoms. The van der Waals surface area contributed by atoms with E-state index in [1.54, 1.807) is 0 Å². The highest BCUT2D eigenvalue weighted by molar-refractivity contribution is 7.90. The Morgan fingerprint density at radius 3 is 2.57 bits per heavy atom. The minimum Gasteiger partial charge on any atom is -0.380 e. The van der Waals surface area contributed by atoms with Crippen molar-refractivity contribution in [2.75, 3.05) is 31.2 Å². The predicted molar refractivity (Wildman–Crippen MR) is 82.9 cm³/mol. The van der Waals surface area contributed by atoms with Gasteiger partial charge in [-0.15, -0.1) is 0 Å². The van der Waals surface area contributed by atoms with Crippen LogP contribution in [-0.2, 0) is 9.84 Å². The Labute approximate surface area is 126 Å². The first-order valence-corrected chi connectivity index (χ1v) is 9.28. The zero-order valence-corrected chi connectivity index (χ0v) is 13.4. The van der Waals surface area contributed by atoms with Crippen LogP contribution in [-0.4, -0.2) is 45.2 Å². The summed E-state index contributed by atoms with van der Waals surface area (Å²) in [6.07, 6.45) is 4.17. The molecule has 1 aliphatic rings. The van der Waals surface area contributed by atoms with Crippen molar-refractivity contribution in [3.63, 3.8) is 0 Å². The normalized spacial score (nSPS) is 17.9. The Balaban J connectivity index is 2.03. The van der Waals surface area contributed by atoms with Gasteiger partial charge in [-0.25, -0.2) is 12.8 Å². The van der Waals surface area contributed by atoms with Crippen LogP contribution in [0.2, 0.25) is 0 Å². The van der Waals surface area contributed by atoms with Crippen LogP contribution in [0.15, 0.2) is 23.1 Å². The van der Waals surface area contributed by atoms with Gasteiger partial charge in [0, 0.05) is 25.4 Å². The van der Waals surface area contributed by atoms with E-state index in [9.17, 15) is 12.8 Å². The van der Waals surface area contributed by atoms with Gasteiger partial charge in [-0.1, -0.05) is 6.92 Å². The van der Waals surface area contributed by atoms with Crippen LogP contribution in [0.5, 0.6) is 0 Å². The Kier molecular flexibility index (Phi) is 5.22. The molecule has 1 aromatic rings. The predicted octanol–water partition coefficient (Wildman–Crippen LogP) is 2.52. The Bertz CT molecular complexity index is 581. The zero-order chi connectivity index (χ0) is 15.5. The molecule has 0 aromatic heterocycles. The highest BCUT2D eigenvalue weighted by Gasteiger charge is 2.20. The Hall–Kier alpha value is -1.14. The number of hydrogen-bond donors (Lipinski definition) is 1. The van der Waals surface area contributed by atoms with E-state index < -0.39 is 15.7 Å². The summed E-state index contributed by atoms with van der Waals surface area (Å²) < 4.78 is 36.9. The number of likely N-dealkylation sites (tertiary alicyclic amines) is 1. The monoisotopic (exact) mass is 314 g/mol. The molecule has 4 nitrogen and oxygen atoms in total. The van der Waals surface area contributed by atoms with Gasteiger partial charge in [-0.05, 0) is 44.0 Å². The summed E-state index contributed by atoms with van der Waals surface area (Å²) in [7, 11) is -3.31. The number of benzene rings is 1. The van der Waals surface area contributed by atoms with Crippen molar-refractivity contribution in [3.05, 3.63) is 24.0 Å². The molecule has 1 N–H and O–H groups in total. The summed E-state index contributed by atoms with van der Waals surface area (Å²) in [4.78, 5) is 2.55. The molecule has 0 aliphatic carbocycles. The molecule has 0 amide bonds. The van der Waals surface area contributed by atoms with E-state index in [1.807, 2.05) is 0 Å². The number of sulfone groups is 1. The largest absolute Gasteiger partial charge is 0.380 e. The number of piperidine rings is 1. The molecule has 1 aromatic carbocycles. The van der Waals surface area contributed by atoms with Crippen molar-refractivity contribution < 1.29 is 12.8 Å². The van der Waals surface area contributed by atoms with Gasteiger partial charge in [0.25, 0.3) is 0 Å². The van der Waals surface area contributed by atoms with Crippen LogP contribution in [0.25, 0.3) is 0 Å². The summed E-state index contributed by atoms with van der Waals surface area (Å²) in [6.45, 7) is 5.26. The fourth-order valence-corrected chi connectivity index (χ4v) is 3.33. The van der Waals surface area contributed by atoms with Gasteiger partial charge >= 0.3 is 0 Å². The SMILES string of the molecule is CCCN1CCC(Nc2cc(S(C)(=O)=O)ccc2F)CC1. The molecule has 0 radical (unpaired) electrons. The molecule has 1 fully saturated rings. The molecule has 2 rings (SSSR count). The number of halogens is 1. The molecule has 1 saturated heterocycles. The third kappa shape index (κ3) is 4.41. The standard InChI is InChI=1S/C15H23FN2O2S/c1-3-8-18-9-6-12(7-10-18)17-15-11-13(21(2,19)20)4-5-14(15)16/h4-5,11-12,17H,3,6-10H2,1-2H3. The molecule has 0 bridgehead atoms. The van der Waals surface area contributed by atoms with Gasteiger partial charge in [-0.3, -0.25) is 0 Å². The number of nitrogens with one attached hydrogen (secondary N) is 1. The highest BCUT2D eigenvalue weighted by Crippen LogP contribution is 2.23. The van der Waals surface area contributed by atoms with E-state index in [1.165, 1.54) is 18.2 Å². The number of rotatable bonds is 5. The maximum Gasteiger partial charge on any atom is 0.175 e. The van der Waals surface area contributed by atoms with Crippen LogP contribution in [0.1, 0.15) is 26.2 Å². The Morgan fingerprint density at radius 1 is 1.33 bits per heavy atom. The fraction of sp³-hybridized carbons (Fsp3) is 0.600. The topological polar surface area (TPSA) is 49.4 Å². The third-order valence-electron chi connectivity index (χ3n) is 3.85. The highest BCUT2D eigenvalue weighted by atomic mass is 32.2. The van der Waals surface area contributed by atoms with Crippen molar-refractivity contribution in [1.82, 2.24) is 4.90 Å². The number of nitrogens with zero attached hydrogens (tertiary/aromatic N) is 1. The lowest BCUT2D eigenvalue weighted by atomic mass is 10.0. The van der Waals surface area contributed by atoms with Gasteiger partial charge in [0.05, 0.1) is 10.6 Å². The van der Waals surface area contributed by atoms with E-state index in [0.717, 1.165) is 45.2 Å². The van der Waals surface area contributed by atoms with Crippen LogP contribution in [0, 0.1) is 5.82 Å². The third-order valence-corrected chi connectivity index (χ3v) is 4.96. The van der Waals surface area contributed by atoms with Crippen LogP contribution >= 0.6 is 0 Å². The molecule has 0 unspecified atom stereocenters. The fourth-order valence-electron chi connectivity index (χ4n) is 2.68. The molecule has 1 heterocycles. The zero-order valence-electron chi connectivity index (χ0n) is 12.6. The minimum atomic E-state index is -3.31. The summed E-state index contributed by atoms with van der Waals surface area (Å²) in [5.74, 6) is -0.404. The van der Waals surface area contributed by atoms with Gasteiger partial charge < -0.3 is 10.2 Å². The van der Waals surface area contributed by atoms with E-state index in [-0.39, 0.29) is 16.6 Å². The first-order valence-electron chi connectivity index (χ1n) is 7.38. The van der Waals surface area contributed by atoms with Crippen molar-refractivity contribution in [2.24, 2.45) is 0 Å². The minimum absolute atomic E-state index is 0.148. The van der Waals surface area contributed by atoms with E-state index in [4.69, 9.17) is 0 Å². The second-order valence-electron chi connectivity index (χ2n) is 5.67. The first kappa shape index (κ1) is 16.2. The summed E-state index contributed by atoms with van der Waals surface area (Å²) in [5.41, 5.74) is 0.284. The molecule has 118 valence electrons. The van der Waals surface area contributed by atoms with Gasteiger partial charge in [0.1, 0.15) is 5.82 Å². The summed E-state index contributed by atoms with van der Waals surface area (Å²) in [5, 5.41) is 3.16. The summed E-state index contributed by atoms with van der Waals surface area (Å²) in [6, 6.07) is 4.11. The van der Waals surface area contributed by atoms with Crippen LogP contribution in [0.3, 0.4) is 0 Å². The van der Waals surface area contributed by atoms with Crippen LogP contribution in [0.4, 0.5) is 10.1 Å². The molecular weight excluding hydrogens is 291 g/mol. The quantitative estimate of drug-likeness (QED) is 0.849. The molecular formula is C15H23FN2O2S. The van der Waals surface area contributed by atoms with Gasteiger partial charge in [0.15, 0.2) is 9.84 Å². The maximum atomic E-state index is 13.8. The summed E-state index contributed by atoms with van der Waals surface area (Å²) >= 11 is 0. The average Bonchev–Trinajstić information content (AvgIpc) is 2.42. The molecule has 21 heavy (non-hydrogen) atoms. The van der Waals surface area contributed by atoms with Crippen molar-refractivity contribution in [2.45, 2.75) is 37.1 Å². The van der Waals surface area contributed by atoms with Crippen molar-refractivity contribution in [1.29, 1.82) is 0 Å². The molecule has 1 aliphatic heterocycles. The lowest BCUT2D eigenvalue weighted by Crippen LogP contribution is -2.39. The first-order chi connectivity index (χ1) is 9.90. The lowest BCUT2D eigenvalue weighted by molar-refractivity contribution is 0.219. The van der Waals surface area contributed by atoms with E-state index in [2.05, 4.69) is 17.1 Å². The maximum absolute atomic E-state index is 13.8. The Morgan fingerprint density at radius 2 is 2.00 bits per heavy atom. The molecule has 0 saturated carbocycles. The van der Waals surface area contributed by atoms with Crippen LogP contribution < -0.4 is 5.32 Å². The second kappa shape index (κ2) is 6.75. The average molecular weight is 314 g/mol. The van der Waals surface area contributed by atoms with E-state index >= 15 is 0 Å². The smallest absolute Gasteiger partial charge is 0.175 e. The number of hydrogen-bond acceptors (Lipinski definition) is 4. The van der Waals surface area contributed by atoms with Crippen molar-refractivity contribution in [3.8, 4) is 0 Å². The van der Waals surface area contributed by atoms with Gasteiger partial charge in [0.2, 0.25) is 0 Å². The molecule has 0 atom stereocenters. The van der Waals surface area contributed by atoms with Gasteiger partial charge in [-0.2, -0.15) is 0 Å². The molecule has 0 spiro atoms. The number of anilines is 1. The second-order valence-corrected chi connectivity index (χ2v) is 7.69. The van der Waals surface area contributed by atoms with E-state index in [0.29, 0.717) is 0 Å². The van der Waals surface area contributed by atoms with Crippen molar-refractivity contribution >= 4 is 15.5 Å². The lowest BCUT2D eigenvalue weighted by Gasteiger charge is -2.32.